The van der Waals surface area contributed by atoms with E-state index in [-0.39, 0.29) is 18.8 Å². The second-order valence-corrected chi connectivity index (χ2v) is 2.60. The molecule has 0 saturated carbocycles. The van der Waals surface area contributed by atoms with Crippen molar-refractivity contribution in [2.75, 3.05) is 0 Å². The summed E-state index contributed by atoms with van der Waals surface area (Å²) >= 11 is 0. The first-order valence-electron chi connectivity index (χ1n) is 3.70. The predicted octanol–water partition coefficient (Wildman–Crippen LogP) is -2.02. The molecule has 13 heavy (non-hydrogen) atoms. The van der Waals surface area contributed by atoms with E-state index in [1.165, 1.54) is 0 Å². The van der Waals surface area contributed by atoms with Gasteiger partial charge < -0.3 is 27.0 Å². The zero-order chi connectivity index (χ0) is 10.4. The van der Waals surface area contributed by atoms with Crippen molar-refractivity contribution in [3.8, 4) is 0 Å². The molecule has 0 aliphatic rings. The fourth-order valence-corrected chi connectivity index (χ4v) is 0.713. The van der Waals surface area contributed by atoms with E-state index < -0.39 is 18.2 Å². The molecule has 0 aliphatic carbocycles. The summed E-state index contributed by atoms with van der Waals surface area (Å²) in [6.07, 6.45) is -0.771. The predicted molar refractivity (Wildman–Crippen MR) is 45.9 cm³/mol. The van der Waals surface area contributed by atoms with Gasteiger partial charge in [-0.05, 0) is 12.8 Å². The molecular weight excluding hydrogens is 176 g/mol. The summed E-state index contributed by atoms with van der Waals surface area (Å²) < 4.78 is 0. The lowest BCUT2D eigenvalue weighted by atomic mass is 10.1. The SMILES string of the molecule is N=C(N)NC(O)CC[C@H](N)C(=O)O. The molecule has 0 spiro atoms. The Hall–Kier alpha value is -1.34. The van der Waals surface area contributed by atoms with Crippen molar-refractivity contribution in [2.45, 2.75) is 25.1 Å². The van der Waals surface area contributed by atoms with Crippen LogP contribution in [0.2, 0.25) is 0 Å². The Kier molecular flexibility index (Phi) is 4.78. The number of aliphatic hydroxyl groups is 1. The van der Waals surface area contributed by atoms with Crippen LogP contribution in [-0.4, -0.2) is 34.4 Å². The van der Waals surface area contributed by atoms with Crippen LogP contribution in [0, 0.1) is 5.41 Å². The highest BCUT2D eigenvalue weighted by Crippen LogP contribution is 1.97. The molecule has 0 saturated heterocycles. The fourth-order valence-electron chi connectivity index (χ4n) is 0.713. The Labute approximate surface area is 75.2 Å². The van der Waals surface area contributed by atoms with Crippen LogP contribution in [0.25, 0.3) is 0 Å². The molecule has 76 valence electrons. The van der Waals surface area contributed by atoms with Crippen LogP contribution in [0.1, 0.15) is 12.8 Å². The highest BCUT2D eigenvalue weighted by Gasteiger charge is 2.13. The summed E-state index contributed by atoms with van der Waals surface area (Å²) in [5.74, 6) is -1.48. The molecule has 0 aromatic heterocycles. The summed E-state index contributed by atoms with van der Waals surface area (Å²) in [5.41, 5.74) is 10.1. The molecule has 0 aromatic rings. The lowest BCUT2D eigenvalue weighted by molar-refractivity contribution is -0.138. The second kappa shape index (κ2) is 5.33. The number of nitrogens with two attached hydrogens (primary N) is 2. The third-order valence-electron chi connectivity index (χ3n) is 1.39. The van der Waals surface area contributed by atoms with Crippen molar-refractivity contribution in [2.24, 2.45) is 11.5 Å². The number of aliphatic hydroxyl groups excluding tert-OH is 1. The summed E-state index contributed by atoms with van der Waals surface area (Å²) in [6.45, 7) is 0. The smallest absolute Gasteiger partial charge is 0.320 e. The molecule has 0 bridgehead atoms. The van der Waals surface area contributed by atoms with Gasteiger partial charge in [-0.3, -0.25) is 10.2 Å². The van der Waals surface area contributed by atoms with Crippen molar-refractivity contribution < 1.29 is 15.0 Å². The molecule has 0 aliphatic heterocycles. The molecule has 0 heterocycles. The topological polar surface area (TPSA) is 145 Å². The molecule has 2 atom stereocenters. The Morgan fingerprint density at radius 2 is 2.08 bits per heavy atom. The molecule has 7 nitrogen and oxygen atoms in total. The number of aliphatic carboxylic acids is 1. The molecule has 8 N–H and O–H groups in total. The number of nitrogens with one attached hydrogen (secondary N) is 2. The first-order valence-corrected chi connectivity index (χ1v) is 3.70. The van der Waals surface area contributed by atoms with Crippen LogP contribution in [-0.2, 0) is 4.79 Å². The average molecular weight is 190 g/mol. The number of carboxylic acid groups (broad SMARTS) is 1. The van der Waals surface area contributed by atoms with E-state index in [0.717, 1.165) is 0 Å². The maximum absolute atomic E-state index is 10.2. The van der Waals surface area contributed by atoms with Crippen LogP contribution in [0.15, 0.2) is 0 Å². The number of hydrogen-bond acceptors (Lipinski definition) is 4. The third-order valence-corrected chi connectivity index (χ3v) is 1.39. The van der Waals surface area contributed by atoms with E-state index in [0.29, 0.717) is 0 Å². The van der Waals surface area contributed by atoms with Crippen molar-refractivity contribution in [3.63, 3.8) is 0 Å². The minimum atomic E-state index is -1.12. The molecular formula is C6H14N4O3. The van der Waals surface area contributed by atoms with Gasteiger partial charge in [0.2, 0.25) is 0 Å². The van der Waals surface area contributed by atoms with E-state index in [2.05, 4.69) is 5.32 Å². The van der Waals surface area contributed by atoms with Gasteiger partial charge >= 0.3 is 5.97 Å². The molecule has 0 rings (SSSR count). The van der Waals surface area contributed by atoms with Crippen LogP contribution >= 0.6 is 0 Å². The highest BCUT2D eigenvalue weighted by molar-refractivity contribution is 5.74. The van der Waals surface area contributed by atoms with Gasteiger partial charge in [-0.15, -0.1) is 0 Å². The standard InChI is InChI=1S/C6H14N4O3/c7-3(5(12)13)1-2-4(11)10-6(8)9/h3-4,11H,1-2,7H2,(H,12,13)(H4,8,9,10)/t3-,4?/m0/s1. The number of rotatable bonds is 5. The van der Waals surface area contributed by atoms with E-state index in [4.69, 9.17) is 27.1 Å². The van der Waals surface area contributed by atoms with E-state index in [1.807, 2.05) is 0 Å². The van der Waals surface area contributed by atoms with Gasteiger partial charge in [0.05, 0.1) is 0 Å². The van der Waals surface area contributed by atoms with Crippen LogP contribution in [0.5, 0.6) is 0 Å². The lowest BCUT2D eigenvalue weighted by Gasteiger charge is -2.13. The average Bonchev–Trinajstić information content (AvgIpc) is 1.98. The zero-order valence-corrected chi connectivity index (χ0v) is 7.03. The third kappa shape index (κ3) is 5.88. The maximum atomic E-state index is 10.2. The number of carboxylic acids is 1. The van der Waals surface area contributed by atoms with Crippen LogP contribution < -0.4 is 16.8 Å². The molecule has 0 aromatic carbocycles. The lowest BCUT2D eigenvalue weighted by Crippen LogP contribution is -2.40. The maximum Gasteiger partial charge on any atom is 0.320 e. The number of hydrogen-bond donors (Lipinski definition) is 6. The van der Waals surface area contributed by atoms with E-state index in [9.17, 15) is 4.79 Å². The minimum Gasteiger partial charge on any atom is -0.480 e. The Morgan fingerprint density at radius 3 is 2.46 bits per heavy atom. The van der Waals surface area contributed by atoms with Crippen molar-refractivity contribution in [1.29, 1.82) is 5.41 Å². The van der Waals surface area contributed by atoms with E-state index in [1.54, 1.807) is 0 Å². The number of guanidine groups is 1. The molecule has 0 fully saturated rings. The molecule has 7 heteroatoms. The largest absolute Gasteiger partial charge is 0.480 e. The first-order chi connectivity index (χ1) is 5.93. The monoisotopic (exact) mass is 190 g/mol. The highest BCUT2D eigenvalue weighted by atomic mass is 16.4. The van der Waals surface area contributed by atoms with Gasteiger partial charge in [-0.25, -0.2) is 0 Å². The van der Waals surface area contributed by atoms with Gasteiger partial charge in [-0.2, -0.15) is 0 Å². The summed E-state index contributed by atoms with van der Waals surface area (Å²) in [5, 5.41) is 26.4. The fraction of sp³-hybridized carbons (Fsp3) is 0.667. The van der Waals surface area contributed by atoms with Gasteiger partial charge in [0.25, 0.3) is 0 Å². The molecule has 0 radical (unpaired) electrons. The molecule has 1 unspecified atom stereocenters. The van der Waals surface area contributed by atoms with Crippen molar-refractivity contribution >= 4 is 11.9 Å². The Bertz CT molecular complexity index is 196. The Morgan fingerprint density at radius 1 is 1.54 bits per heavy atom. The summed E-state index contributed by atoms with van der Waals surface area (Å²) in [4.78, 5) is 10.2. The summed E-state index contributed by atoms with van der Waals surface area (Å²) in [6, 6.07) is -0.997. The van der Waals surface area contributed by atoms with Crippen molar-refractivity contribution in [3.05, 3.63) is 0 Å². The number of carbonyl (C=O) groups is 1. The minimum absolute atomic E-state index is 0.122. The quantitative estimate of drug-likeness (QED) is 0.168. The Balaban J connectivity index is 3.63. The normalized spacial score (nSPS) is 14.6. The van der Waals surface area contributed by atoms with Gasteiger partial charge in [-0.1, -0.05) is 0 Å². The van der Waals surface area contributed by atoms with Gasteiger partial charge in [0.15, 0.2) is 5.96 Å². The first kappa shape index (κ1) is 11.7. The van der Waals surface area contributed by atoms with E-state index >= 15 is 0 Å². The van der Waals surface area contributed by atoms with Crippen molar-refractivity contribution in [1.82, 2.24) is 5.32 Å². The molecule has 0 amide bonds. The van der Waals surface area contributed by atoms with Crippen LogP contribution in [0.4, 0.5) is 0 Å². The van der Waals surface area contributed by atoms with Gasteiger partial charge in [0, 0.05) is 0 Å². The second-order valence-electron chi connectivity index (χ2n) is 2.60. The summed E-state index contributed by atoms with van der Waals surface area (Å²) in [7, 11) is 0. The van der Waals surface area contributed by atoms with Gasteiger partial charge in [0.1, 0.15) is 12.3 Å². The zero-order valence-electron chi connectivity index (χ0n) is 7.03. The van der Waals surface area contributed by atoms with Crippen LogP contribution in [0.3, 0.4) is 0 Å².